The number of benzene rings is 1. The molecule has 3 nitrogen and oxygen atoms in total. The van der Waals surface area contributed by atoms with Gasteiger partial charge in [-0.1, -0.05) is 19.1 Å². The van der Waals surface area contributed by atoms with E-state index in [-0.39, 0.29) is 6.04 Å². The SMILES string of the molecule is CCNC(C)c1cccc(-n2ccc(C(F)(F)F)n2)c1. The highest BCUT2D eigenvalue weighted by Gasteiger charge is 2.33. The van der Waals surface area contributed by atoms with Crippen LogP contribution in [0.25, 0.3) is 5.69 Å². The van der Waals surface area contributed by atoms with Crippen molar-refractivity contribution in [3.63, 3.8) is 0 Å². The second-order valence-corrected chi connectivity index (χ2v) is 4.52. The number of rotatable bonds is 4. The Morgan fingerprint density at radius 2 is 2.05 bits per heavy atom. The lowest BCUT2D eigenvalue weighted by Crippen LogP contribution is -2.17. The summed E-state index contributed by atoms with van der Waals surface area (Å²) in [6, 6.07) is 8.42. The van der Waals surface area contributed by atoms with Crippen molar-refractivity contribution < 1.29 is 13.2 Å². The molecule has 20 heavy (non-hydrogen) atoms. The summed E-state index contributed by atoms with van der Waals surface area (Å²) < 4.78 is 38.9. The van der Waals surface area contributed by atoms with E-state index in [4.69, 9.17) is 0 Å². The average Bonchev–Trinajstić information content (AvgIpc) is 2.89. The largest absolute Gasteiger partial charge is 0.435 e. The summed E-state index contributed by atoms with van der Waals surface area (Å²) in [5, 5.41) is 6.83. The summed E-state index contributed by atoms with van der Waals surface area (Å²) in [5.74, 6) is 0. The number of hydrogen-bond donors (Lipinski definition) is 1. The summed E-state index contributed by atoms with van der Waals surface area (Å²) in [5.41, 5.74) is 0.735. The highest BCUT2D eigenvalue weighted by atomic mass is 19.4. The fraction of sp³-hybridized carbons (Fsp3) is 0.357. The van der Waals surface area contributed by atoms with Crippen molar-refractivity contribution in [3.05, 3.63) is 47.8 Å². The predicted octanol–water partition coefficient (Wildman–Crippen LogP) is 3.56. The van der Waals surface area contributed by atoms with Crippen LogP contribution in [0.15, 0.2) is 36.5 Å². The summed E-state index contributed by atoms with van der Waals surface area (Å²) in [7, 11) is 0. The van der Waals surface area contributed by atoms with Crippen molar-refractivity contribution in [1.82, 2.24) is 15.1 Å². The molecule has 2 rings (SSSR count). The van der Waals surface area contributed by atoms with Crippen molar-refractivity contribution in [2.45, 2.75) is 26.1 Å². The van der Waals surface area contributed by atoms with Crippen LogP contribution in [-0.4, -0.2) is 16.3 Å². The third kappa shape index (κ3) is 3.19. The van der Waals surface area contributed by atoms with E-state index in [0.29, 0.717) is 5.69 Å². The minimum absolute atomic E-state index is 0.137. The number of nitrogens with one attached hydrogen (secondary N) is 1. The Balaban J connectivity index is 2.29. The van der Waals surface area contributed by atoms with E-state index >= 15 is 0 Å². The molecule has 1 N–H and O–H groups in total. The van der Waals surface area contributed by atoms with Gasteiger partial charge in [0.25, 0.3) is 0 Å². The minimum atomic E-state index is -4.42. The van der Waals surface area contributed by atoms with E-state index in [0.717, 1.165) is 18.2 Å². The Kier molecular flexibility index (Phi) is 4.13. The van der Waals surface area contributed by atoms with E-state index in [2.05, 4.69) is 10.4 Å². The van der Waals surface area contributed by atoms with E-state index in [1.54, 1.807) is 6.07 Å². The quantitative estimate of drug-likeness (QED) is 0.929. The fourth-order valence-electron chi connectivity index (χ4n) is 1.98. The summed E-state index contributed by atoms with van der Waals surface area (Å²) >= 11 is 0. The predicted molar refractivity (Wildman–Crippen MR) is 70.7 cm³/mol. The molecule has 0 saturated carbocycles. The molecule has 0 aliphatic rings. The molecular weight excluding hydrogens is 267 g/mol. The molecule has 6 heteroatoms. The van der Waals surface area contributed by atoms with E-state index < -0.39 is 11.9 Å². The van der Waals surface area contributed by atoms with Gasteiger partial charge in [-0.25, -0.2) is 4.68 Å². The first-order valence-corrected chi connectivity index (χ1v) is 6.38. The molecule has 0 radical (unpaired) electrons. The van der Waals surface area contributed by atoms with Gasteiger partial charge < -0.3 is 5.32 Å². The number of nitrogens with zero attached hydrogens (tertiary/aromatic N) is 2. The third-order valence-corrected chi connectivity index (χ3v) is 3.02. The summed E-state index contributed by atoms with van der Waals surface area (Å²) in [6.07, 6.45) is -3.10. The second kappa shape index (κ2) is 5.66. The first-order chi connectivity index (χ1) is 9.41. The first-order valence-electron chi connectivity index (χ1n) is 6.38. The van der Waals surface area contributed by atoms with E-state index in [1.165, 1.54) is 10.9 Å². The monoisotopic (exact) mass is 283 g/mol. The maximum atomic E-state index is 12.5. The average molecular weight is 283 g/mol. The Hall–Kier alpha value is -1.82. The smallest absolute Gasteiger partial charge is 0.310 e. The van der Waals surface area contributed by atoms with Crippen LogP contribution in [0.3, 0.4) is 0 Å². The van der Waals surface area contributed by atoms with Crippen LogP contribution in [0.5, 0.6) is 0 Å². The lowest BCUT2D eigenvalue weighted by atomic mass is 10.1. The van der Waals surface area contributed by atoms with Gasteiger partial charge in [0.1, 0.15) is 0 Å². The zero-order chi connectivity index (χ0) is 14.8. The molecule has 1 aromatic carbocycles. The van der Waals surface area contributed by atoms with Crippen LogP contribution < -0.4 is 5.32 Å². The molecule has 0 fully saturated rings. The van der Waals surface area contributed by atoms with Gasteiger partial charge in [-0.3, -0.25) is 0 Å². The highest BCUT2D eigenvalue weighted by Crippen LogP contribution is 2.28. The van der Waals surface area contributed by atoms with Crippen molar-refractivity contribution in [2.75, 3.05) is 6.54 Å². The number of halogens is 3. The van der Waals surface area contributed by atoms with Gasteiger partial charge in [0.2, 0.25) is 0 Å². The molecule has 1 heterocycles. The standard InChI is InChI=1S/C14H16F3N3/c1-3-18-10(2)11-5-4-6-12(9-11)20-8-7-13(19-20)14(15,16)17/h4-10,18H,3H2,1-2H3. The molecular formula is C14H16F3N3. The Labute approximate surface area is 115 Å². The van der Waals surface area contributed by atoms with Crippen LogP contribution in [-0.2, 0) is 6.18 Å². The van der Waals surface area contributed by atoms with Crippen LogP contribution in [0, 0.1) is 0 Å². The summed E-state index contributed by atoms with van der Waals surface area (Å²) in [4.78, 5) is 0. The zero-order valence-electron chi connectivity index (χ0n) is 11.3. The minimum Gasteiger partial charge on any atom is -0.310 e. The molecule has 0 aliphatic carbocycles. The molecule has 108 valence electrons. The Morgan fingerprint density at radius 1 is 1.30 bits per heavy atom. The normalized spacial score (nSPS) is 13.4. The van der Waals surface area contributed by atoms with Gasteiger partial charge in [0, 0.05) is 12.2 Å². The van der Waals surface area contributed by atoms with Gasteiger partial charge in [-0.05, 0) is 37.2 Å². The highest BCUT2D eigenvalue weighted by molar-refractivity contribution is 5.36. The molecule has 2 aromatic rings. The topological polar surface area (TPSA) is 29.9 Å². The number of alkyl halides is 3. The fourth-order valence-corrected chi connectivity index (χ4v) is 1.98. The van der Waals surface area contributed by atoms with Crippen LogP contribution in [0.2, 0.25) is 0 Å². The number of hydrogen-bond acceptors (Lipinski definition) is 2. The molecule has 0 saturated heterocycles. The molecule has 0 amide bonds. The van der Waals surface area contributed by atoms with Gasteiger partial charge in [0.05, 0.1) is 5.69 Å². The van der Waals surface area contributed by atoms with Gasteiger partial charge in [-0.15, -0.1) is 0 Å². The maximum Gasteiger partial charge on any atom is 0.435 e. The van der Waals surface area contributed by atoms with Crippen molar-refractivity contribution in [3.8, 4) is 5.69 Å². The molecule has 0 aliphatic heterocycles. The third-order valence-electron chi connectivity index (χ3n) is 3.02. The van der Waals surface area contributed by atoms with Crippen molar-refractivity contribution in [1.29, 1.82) is 0 Å². The van der Waals surface area contributed by atoms with Crippen LogP contribution >= 0.6 is 0 Å². The van der Waals surface area contributed by atoms with Gasteiger partial charge >= 0.3 is 6.18 Å². The van der Waals surface area contributed by atoms with Crippen molar-refractivity contribution >= 4 is 0 Å². The Morgan fingerprint density at radius 3 is 2.65 bits per heavy atom. The number of aromatic nitrogens is 2. The Bertz CT molecular complexity index is 575. The van der Waals surface area contributed by atoms with E-state index in [1.807, 2.05) is 32.0 Å². The molecule has 1 atom stereocenters. The van der Waals surface area contributed by atoms with Crippen molar-refractivity contribution in [2.24, 2.45) is 0 Å². The van der Waals surface area contributed by atoms with Crippen LogP contribution in [0.1, 0.15) is 31.1 Å². The van der Waals surface area contributed by atoms with Crippen LogP contribution in [0.4, 0.5) is 13.2 Å². The lowest BCUT2D eigenvalue weighted by molar-refractivity contribution is -0.141. The molecule has 1 unspecified atom stereocenters. The van der Waals surface area contributed by atoms with Gasteiger partial charge in [-0.2, -0.15) is 18.3 Å². The molecule has 1 aromatic heterocycles. The summed E-state index contributed by atoms with van der Waals surface area (Å²) in [6.45, 7) is 4.84. The molecule has 0 bridgehead atoms. The van der Waals surface area contributed by atoms with E-state index in [9.17, 15) is 13.2 Å². The second-order valence-electron chi connectivity index (χ2n) is 4.52. The lowest BCUT2D eigenvalue weighted by Gasteiger charge is -2.13. The van der Waals surface area contributed by atoms with Gasteiger partial charge in [0.15, 0.2) is 5.69 Å². The molecule has 0 spiro atoms. The first kappa shape index (κ1) is 14.6. The zero-order valence-corrected chi connectivity index (χ0v) is 11.3. The maximum absolute atomic E-state index is 12.5.